The summed E-state index contributed by atoms with van der Waals surface area (Å²) < 4.78 is 13.1. The van der Waals surface area contributed by atoms with Crippen molar-refractivity contribution >= 4 is 23.1 Å². The van der Waals surface area contributed by atoms with Crippen molar-refractivity contribution < 1.29 is 19.4 Å². The normalized spacial score (nSPS) is 23.2. The van der Waals surface area contributed by atoms with Gasteiger partial charge in [0.05, 0.1) is 25.5 Å². The van der Waals surface area contributed by atoms with Crippen molar-refractivity contribution in [3.05, 3.63) is 109 Å². The fourth-order valence-electron chi connectivity index (χ4n) is 5.81. The first kappa shape index (κ1) is 31.4. The lowest BCUT2D eigenvalue weighted by molar-refractivity contribution is -0.0281. The Hall–Kier alpha value is -4.03. The lowest BCUT2D eigenvalue weighted by Crippen LogP contribution is -2.52. The third-order valence-electron chi connectivity index (χ3n) is 8.42. The average molecular weight is 622 g/mol. The van der Waals surface area contributed by atoms with Crippen LogP contribution in [0.1, 0.15) is 40.5 Å². The number of carbonyl (C=O) groups excluding carboxylic acids is 1. The molecule has 3 N–H and O–H groups in total. The van der Waals surface area contributed by atoms with E-state index in [-0.39, 0.29) is 18.2 Å². The predicted octanol–water partition coefficient (Wildman–Crippen LogP) is 2.30. The number of allylic oxidation sites excluding steroid dienone is 2. The third kappa shape index (κ3) is 5.88. The molecule has 11 nitrogen and oxygen atoms in total. The molecular weight excluding hydrogens is 586 g/mol. The number of hydrogen-bond acceptors (Lipinski definition) is 8. The zero-order valence-electron chi connectivity index (χ0n) is 25.0. The molecule has 1 aliphatic heterocycles. The maximum absolute atomic E-state index is 13.9. The van der Waals surface area contributed by atoms with E-state index in [9.17, 15) is 19.5 Å². The number of methoxy groups -OCH3 is 1. The number of ether oxygens (including phenoxy) is 2. The average Bonchev–Trinajstić information content (AvgIpc) is 3.02. The first-order valence-corrected chi connectivity index (χ1v) is 14.7. The predicted molar refractivity (Wildman–Crippen MR) is 167 cm³/mol. The Morgan fingerprint density at radius 3 is 2.73 bits per heavy atom. The molecule has 3 heterocycles. The molecule has 12 heteroatoms. The summed E-state index contributed by atoms with van der Waals surface area (Å²) in [7, 11) is 4.33. The first-order valence-electron chi connectivity index (χ1n) is 14.3. The summed E-state index contributed by atoms with van der Waals surface area (Å²) in [6.45, 7) is 3.18. The van der Waals surface area contributed by atoms with Gasteiger partial charge >= 0.3 is 5.69 Å². The molecule has 2 unspecified atom stereocenters. The molecule has 1 aliphatic carbocycles. The molecular formula is C32H36ClN5O6. The molecule has 44 heavy (non-hydrogen) atoms. The zero-order valence-corrected chi connectivity index (χ0v) is 25.8. The number of nitrogens with one attached hydrogen (secondary N) is 2. The molecule has 0 saturated carbocycles. The molecule has 2 aliphatic rings. The van der Waals surface area contributed by atoms with Crippen LogP contribution in [0, 0.1) is 5.92 Å². The van der Waals surface area contributed by atoms with E-state index < -0.39 is 34.7 Å². The summed E-state index contributed by atoms with van der Waals surface area (Å²) in [6, 6.07) is 11.0. The van der Waals surface area contributed by atoms with Crippen LogP contribution in [-0.2, 0) is 30.9 Å². The van der Waals surface area contributed by atoms with Crippen molar-refractivity contribution in [3.63, 3.8) is 0 Å². The van der Waals surface area contributed by atoms with Crippen molar-refractivity contribution in [2.45, 2.75) is 37.6 Å². The van der Waals surface area contributed by atoms with Crippen LogP contribution < -0.4 is 26.6 Å². The van der Waals surface area contributed by atoms with Gasteiger partial charge in [-0.05, 0) is 29.7 Å². The Kier molecular flexibility index (Phi) is 9.21. The van der Waals surface area contributed by atoms with Crippen LogP contribution in [0.15, 0.2) is 70.4 Å². The standard InChI is InChI=1S/C32H36ClN5O6/c1-19-21(22-8-5-6-10-24(22)33)9-7-14-32(19,36-28(40)23-17-37(2)31(42)38(3)30(23)41)27-12-11-20(29(35-27)43-4)16-34-25-13-15-44-18-26(25)39/h5-12,14,17,19,25-26,34,39H,13,15-16,18H2,1-4H3,(H,36,40)/t19?,25-,26-,32?/m1/s1. The summed E-state index contributed by atoms with van der Waals surface area (Å²) in [6.07, 6.45) is 6.90. The van der Waals surface area contributed by atoms with Crippen molar-refractivity contribution in [3.8, 4) is 5.88 Å². The van der Waals surface area contributed by atoms with E-state index >= 15 is 0 Å². The number of aliphatic hydroxyl groups excluding tert-OH is 1. The molecule has 4 atom stereocenters. The van der Waals surface area contributed by atoms with Gasteiger partial charge in [-0.2, -0.15) is 0 Å². The first-order chi connectivity index (χ1) is 21.1. The van der Waals surface area contributed by atoms with E-state index in [4.69, 9.17) is 26.1 Å². The van der Waals surface area contributed by atoms with Gasteiger partial charge in [0, 0.05) is 56.0 Å². The SMILES string of the molecule is COc1nc(C2(NC(=O)c3cn(C)c(=O)n(C)c3=O)C=CC=C(c3ccccc3Cl)C2C)ccc1CN[C@@H]1CCOC[C@H]1O. The minimum atomic E-state index is -1.24. The van der Waals surface area contributed by atoms with E-state index in [0.29, 0.717) is 36.2 Å². The Morgan fingerprint density at radius 1 is 1.23 bits per heavy atom. The van der Waals surface area contributed by atoms with Crippen LogP contribution in [0.25, 0.3) is 5.57 Å². The maximum atomic E-state index is 13.9. The van der Waals surface area contributed by atoms with Gasteiger partial charge in [0.2, 0.25) is 5.88 Å². The summed E-state index contributed by atoms with van der Waals surface area (Å²) >= 11 is 6.61. The van der Waals surface area contributed by atoms with E-state index in [1.54, 1.807) is 6.07 Å². The van der Waals surface area contributed by atoms with Gasteiger partial charge in [-0.1, -0.05) is 61.0 Å². The molecule has 1 amide bonds. The molecule has 0 bridgehead atoms. The Morgan fingerprint density at radius 2 is 2.00 bits per heavy atom. The molecule has 1 saturated heterocycles. The van der Waals surface area contributed by atoms with Crippen molar-refractivity contribution in [1.29, 1.82) is 0 Å². The van der Waals surface area contributed by atoms with Crippen LogP contribution in [0.2, 0.25) is 5.02 Å². The number of hydrogen-bond donors (Lipinski definition) is 3. The van der Waals surface area contributed by atoms with E-state index in [1.807, 2.05) is 55.5 Å². The molecule has 0 spiro atoms. The van der Waals surface area contributed by atoms with Gasteiger partial charge in [-0.25, -0.2) is 9.78 Å². The quantitative estimate of drug-likeness (QED) is 0.349. The van der Waals surface area contributed by atoms with E-state index in [2.05, 4.69) is 10.6 Å². The van der Waals surface area contributed by atoms with Gasteiger partial charge in [0.1, 0.15) is 11.1 Å². The highest BCUT2D eigenvalue weighted by molar-refractivity contribution is 6.32. The molecule has 3 aromatic rings. The molecule has 1 fully saturated rings. The molecule has 232 valence electrons. The van der Waals surface area contributed by atoms with Gasteiger partial charge in [-0.15, -0.1) is 0 Å². The number of aromatic nitrogens is 3. The largest absolute Gasteiger partial charge is 0.481 e. The highest BCUT2D eigenvalue weighted by Gasteiger charge is 2.43. The number of nitrogens with zero attached hydrogens (tertiary/aromatic N) is 3. The number of amides is 1. The second-order valence-corrected chi connectivity index (χ2v) is 11.5. The second-order valence-electron chi connectivity index (χ2n) is 11.1. The van der Waals surface area contributed by atoms with Gasteiger partial charge < -0.3 is 29.8 Å². The van der Waals surface area contributed by atoms with Crippen LogP contribution in [0.3, 0.4) is 0 Å². The minimum Gasteiger partial charge on any atom is -0.481 e. The van der Waals surface area contributed by atoms with Crippen molar-refractivity contribution in [1.82, 2.24) is 24.8 Å². The highest BCUT2D eigenvalue weighted by atomic mass is 35.5. The molecule has 1 aromatic carbocycles. The summed E-state index contributed by atoms with van der Waals surface area (Å²) in [5.74, 6) is -0.734. The molecule has 5 rings (SSSR count). The Labute approximate surface area is 259 Å². The summed E-state index contributed by atoms with van der Waals surface area (Å²) in [5, 5.41) is 17.3. The smallest absolute Gasteiger partial charge is 0.330 e. The summed E-state index contributed by atoms with van der Waals surface area (Å²) in [5.41, 5.74) is 0.204. The highest BCUT2D eigenvalue weighted by Crippen LogP contribution is 2.44. The van der Waals surface area contributed by atoms with Crippen LogP contribution in [0.5, 0.6) is 5.88 Å². The van der Waals surface area contributed by atoms with Crippen LogP contribution in [0.4, 0.5) is 0 Å². The minimum absolute atomic E-state index is 0.132. The molecule has 0 radical (unpaired) electrons. The third-order valence-corrected chi connectivity index (χ3v) is 8.75. The number of benzene rings is 1. The number of rotatable bonds is 8. The fourth-order valence-corrected chi connectivity index (χ4v) is 6.05. The van der Waals surface area contributed by atoms with Crippen molar-refractivity contribution in [2.75, 3.05) is 20.3 Å². The van der Waals surface area contributed by atoms with Crippen LogP contribution in [-0.4, -0.2) is 57.6 Å². The van der Waals surface area contributed by atoms with E-state index in [1.165, 1.54) is 32.0 Å². The summed E-state index contributed by atoms with van der Waals surface area (Å²) in [4.78, 5) is 44.1. The zero-order chi connectivity index (χ0) is 31.6. The lowest BCUT2D eigenvalue weighted by atomic mass is 9.72. The van der Waals surface area contributed by atoms with E-state index in [0.717, 1.165) is 21.3 Å². The Balaban J connectivity index is 1.57. The van der Waals surface area contributed by atoms with Crippen molar-refractivity contribution in [2.24, 2.45) is 20.0 Å². The maximum Gasteiger partial charge on any atom is 0.330 e. The number of pyridine rings is 1. The molecule has 2 aromatic heterocycles. The lowest BCUT2D eigenvalue weighted by Gasteiger charge is -2.40. The second kappa shape index (κ2) is 12.9. The van der Waals surface area contributed by atoms with Crippen LogP contribution >= 0.6 is 11.6 Å². The Bertz CT molecular complexity index is 1750. The van der Waals surface area contributed by atoms with Gasteiger partial charge in [0.25, 0.3) is 11.5 Å². The number of halogens is 1. The fraction of sp³-hybridized carbons (Fsp3) is 0.375. The number of aliphatic hydroxyl groups is 1. The number of aryl methyl sites for hydroxylation is 1. The van der Waals surface area contributed by atoms with Gasteiger partial charge in [0.15, 0.2) is 0 Å². The monoisotopic (exact) mass is 621 g/mol. The van der Waals surface area contributed by atoms with Gasteiger partial charge in [-0.3, -0.25) is 14.2 Å². The topological polar surface area (TPSA) is 137 Å². The number of carbonyl (C=O) groups is 1.